The lowest BCUT2D eigenvalue weighted by Gasteiger charge is -2.14. The number of halogens is 1. The number of carbonyl (C=O) groups excluding carboxylic acids is 1. The highest BCUT2D eigenvalue weighted by Gasteiger charge is 2.65. The maximum Gasteiger partial charge on any atom is 0.161 e. The van der Waals surface area contributed by atoms with Gasteiger partial charge in [-0.3, -0.25) is 4.79 Å². The van der Waals surface area contributed by atoms with Gasteiger partial charge in [0.1, 0.15) is 5.82 Å². The molecule has 1 N–H and O–H groups in total. The van der Waals surface area contributed by atoms with Gasteiger partial charge in [-0.1, -0.05) is 26.0 Å². The second-order valence-electron chi connectivity index (χ2n) is 6.87. The Bertz CT molecular complexity index is 600. The first-order valence-electron chi connectivity index (χ1n) is 7.63. The monoisotopic (exact) mass is 287 g/mol. The maximum atomic E-state index is 12.8. The fourth-order valence-corrected chi connectivity index (χ4v) is 3.76. The number of hydrogen-bond donors (Lipinski definition) is 1. The normalized spacial score (nSPS) is 28.3. The third-order valence-corrected chi connectivity index (χ3v) is 5.19. The zero-order valence-corrected chi connectivity index (χ0v) is 12.9. The topological polar surface area (TPSA) is 29.1 Å². The molecule has 2 aliphatic carbocycles. The van der Waals surface area contributed by atoms with Crippen molar-refractivity contribution in [2.75, 3.05) is 6.54 Å². The lowest BCUT2D eigenvalue weighted by Crippen LogP contribution is -2.20. The van der Waals surface area contributed by atoms with Gasteiger partial charge in [-0.2, -0.15) is 0 Å². The molecule has 2 atom stereocenters. The Hall–Kier alpha value is -1.64. The van der Waals surface area contributed by atoms with Gasteiger partial charge in [0.25, 0.3) is 0 Å². The fourth-order valence-electron chi connectivity index (χ4n) is 3.76. The number of rotatable bonds is 4. The summed E-state index contributed by atoms with van der Waals surface area (Å²) in [4.78, 5) is 12.1. The Morgan fingerprint density at radius 2 is 2.00 bits per heavy atom. The Morgan fingerprint density at radius 1 is 1.33 bits per heavy atom. The van der Waals surface area contributed by atoms with Crippen molar-refractivity contribution in [1.82, 2.24) is 5.32 Å². The predicted octanol–water partition coefficient (Wildman–Crippen LogP) is 3.48. The van der Waals surface area contributed by atoms with E-state index in [1.54, 1.807) is 12.1 Å². The number of fused-ring (bicyclic) bond motifs is 1. The molecule has 2 saturated carbocycles. The quantitative estimate of drug-likeness (QED) is 0.859. The Balaban J connectivity index is 1.61. The van der Waals surface area contributed by atoms with Crippen LogP contribution in [0.3, 0.4) is 0 Å². The lowest BCUT2D eigenvalue weighted by molar-refractivity contribution is -0.115. The van der Waals surface area contributed by atoms with E-state index in [1.165, 1.54) is 12.1 Å². The van der Waals surface area contributed by atoms with Gasteiger partial charge in [0, 0.05) is 24.2 Å². The number of carbonyl (C=O) groups is 1. The highest BCUT2D eigenvalue weighted by atomic mass is 19.1. The van der Waals surface area contributed by atoms with Gasteiger partial charge >= 0.3 is 0 Å². The van der Waals surface area contributed by atoms with Crippen LogP contribution >= 0.6 is 0 Å². The van der Waals surface area contributed by atoms with Gasteiger partial charge in [0.15, 0.2) is 5.78 Å². The minimum atomic E-state index is -0.205. The molecule has 0 aromatic heterocycles. The highest BCUT2D eigenvalue weighted by molar-refractivity contribution is 6.01. The molecule has 0 bridgehead atoms. The van der Waals surface area contributed by atoms with Gasteiger partial charge in [-0.15, -0.1) is 0 Å². The van der Waals surface area contributed by atoms with E-state index in [1.807, 2.05) is 6.92 Å². The van der Waals surface area contributed by atoms with Crippen molar-refractivity contribution in [1.29, 1.82) is 0 Å². The number of allylic oxidation sites excluding steroid dienone is 2. The minimum Gasteiger partial charge on any atom is -0.388 e. The molecule has 0 unspecified atom stereocenters. The molecule has 3 rings (SSSR count). The number of ketones is 1. The summed E-state index contributed by atoms with van der Waals surface area (Å²) in [6.07, 6.45) is 1.54. The van der Waals surface area contributed by atoms with Crippen LogP contribution in [-0.2, 0) is 11.2 Å². The van der Waals surface area contributed by atoms with E-state index >= 15 is 0 Å². The lowest BCUT2D eigenvalue weighted by atomic mass is 9.95. The molecule has 0 spiro atoms. The van der Waals surface area contributed by atoms with E-state index in [0.717, 1.165) is 29.8 Å². The molecule has 21 heavy (non-hydrogen) atoms. The molecule has 0 aliphatic heterocycles. The molecule has 1 aromatic carbocycles. The zero-order valence-electron chi connectivity index (χ0n) is 12.9. The van der Waals surface area contributed by atoms with Gasteiger partial charge in [-0.25, -0.2) is 4.39 Å². The molecule has 0 amide bonds. The van der Waals surface area contributed by atoms with E-state index in [-0.39, 0.29) is 5.82 Å². The number of benzene rings is 1. The highest BCUT2D eigenvalue weighted by Crippen LogP contribution is 2.68. The summed E-state index contributed by atoms with van der Waals surface area (Å²) in [5.74, 6) is 1.11. The van der Waals surface area contributed by atoms with Crippen LogP contribution in [0.15, 0.2) is 35.5 Å². The number of nitrogens with one attached hydrogen (secondary N) is 1. The second-order valence-corrected chi connectivity index (χ2v) is 6.87. The molecule has 3 heteroatoms. The molecule has 1 aromatic rings. The summed E-state index contributed by atoms with van der Waals surface area (Å²) >= 11 is 0. The van der Waals surface area contributed by atoms with E-state index in [9.17, 15) is 9.18 Å². The van der Waals surface area contributed by atoms with Gasteiger partial charge in [-0.05, 0) is 48.3 Å². The standard InChI is InChI=1S/C18H22FNO/c1-11(16-15(21)10-14-17(16)18(14,2)3)20-9-8-12-4-6-13(19)7-5-12/h4-7,14,17,20H,8-10H2,1-3H3/t14-,17-/m1/s1. The number of Topliss-reactive ketones (excluding diaryl/α,β-unsaturated/α-hetero) is 1. The van der Waals surface area contributed by atoms with E-state index in [0.29, 0.717) is 29.5 Å². The van der Waals surface area contributed by atoms with Crippen LogP contribution in [-0.4, -0.2) is 12.3 Å². The van der Waals surface area contributed by atoms with E-state index in [2.05, 4.69) is 19.2 Å². The van der Waals surface area contributed by atoms with Gasteiger partial charge < -0.3 is 5.32 Å². The minimum absolute atomic E-state index is 0.205. The molecule has 2 nitrogen and oxygen atoms in total. The maximum absolute atomic E-state index is 12.8. The third kappa shape index (κ3) is 2.50. The van der Waals surface area contributed by atoms with Crippen LogP contribution in [0.25, 0.3) is 0 Å². The van der Waals surface area contributed by atoms with Crippen LogP contribution in [0.4, 0.5) is 4.39 Å². The SMILES string of the molecule is CC(NCCc1ccc(F)cc1)=C1C(=O)C[C@@H]2[C@H]1C2(C)C. The first-order chi connectivity index (χ1) is 9.91. The summed E-state index contributed by atoms with van der Waals surface area (Å²) in [7, 11) is 0. The van der Waals surface area contributed by atoms with E-state index < -0.39 is 0 Å². The Morgan fingerprint density at radius 3 is 2.62 bits per heavy atom. The molecule has 2 aliphatic rings. The Kier molecular flexibility index (Phi) is 3.39. The van der Waals surface area contributed by atoms with Crippen LogP contribution in [0.1, 0.15) is 32.8 Å². The van der Waals surface area contributed by atoms with Crippen LogP contribution in [0.2, 0.25) is 0 Å². The van der Waals surface area contributed by atoms with Crippen LogP contribution < -0.4 is 5.32 Å². The Labute approximate surface area is 125 Å². The smallest absolute Gasteiger partial charge is 0.161 e. The van der Waals surface area contributed by atoms with Crippen LogP contribution in [0.5, 0.6) is 0 Å². The van der Waals surface area contributed by atoms with Crippen molar-refractivity contribution in [2.24, 2.45) is 17.3 Å². The van der Waals surface area contributed by atoms with Crippen molar-refractivity contribution < 1.29 is 9.18 Å². The summed E-state index contributed by atoms with van der Waals surface area (Å²) in [6, 6.07) is 6.58. The summed E-state index contributed by atoms with van der Waals surface area (Å²) < 4.78 is 12.8. The third-order valence-electron chi connectivity index (χ3n) is 5.19. The van der Waals surface area contributed by atoms with Crippen LogP contribution in [0, 0.1) is 23.1 Å². The molecule has 0 heterocycles. The summed E-state index contributed by atoms with van der Waals surface area (Å²) in [5.41, 5.74) is 3.44. The molecular formula is C18H22FNO. The largest absolute Gasteiger partial charge is 0.388 e. The average Bonchev–Trinajstić information content (AvgIpc) is 2.80. The first kappa shape index (κ1) is 14.3. The van der Waals surface area contributed by atoms with E-state index in [4.69, 9.17) is 0 Å². The van der Waals surface area contributed by atoms with Gasteiger partial charge in [0.2, 0.25) is 0 Å². The van der Waals surface area contributed by atoms with Crippen molar-refractivity contribution in [3.8, 4) is 0 Å². The van der Waals surface area contributed by atoms with Gasteiger partial charge in [0.05, 0.1) is 0 Å². The van der Waals surface area contributed by atoms with Crippen molar-refractivity contribution in [3.63, 3.8) is 0 Å². The first-order valence-corrected chi connectivity index (χ1v) is 7.63. The van der Waals surface area contributed by atoms with Crippen molar-refractivity contribution in [3.05, 3.63) is 46.9 Å². The molecular weight excluding hydrogens is 265 g/mol. The fraction of sp³-hybridized carbons (Fsp3) is 0.500. The predicted molar refractivity (Wildman–Crippen MR) is 81.2 cm³/mol. The summed E-state index contributed by atoms with van der Waals surface area (Å²) in [5, 5.41) is 3.38. The average molecular weight is 287 g/mol. The summed E-state index contributed by atoms with van der Waals surface area (Å²) in [6.45, 7) is 7.28. The van der Waals surface area contributed by atoms with Crippen molar-refractivity contribution in [2.45, 2.75) is 33.6 Å². The molecule has 0 saturated heterocycles. The zero-order chi connectivity index (χ0) is 15.2. The molecule has 2 fully saturated rings. The molecule has 0 radical (unpaired) electrons. The molecule has 112 valence electrons. The number of hydrogen-bond acceptors (Lipinski definition) is 2. The second kappa shape index (κ2) is 4.97. The van der Waals surface area contributed by atoms with Crippen molar-refractivity contribution >= 4 is 5.78 Å².